The van der Waals surface area contributed by atoms with Crippen LogP contribution in [0.1, 0.15) is 39.5 Å². The first-order valence-electron chi connectivity index (χ1n) is 7.61. The number of hydrogen-bond acceptors (Lipinski definition) is 3. The average molecular weight is 390 g/mol. The number of carbonyl (C=O) groups excluding carboxylic acids is 2. The summed E-state index contributed by atoms with van der Waals surface area (Å²) >= 11 is 3.41. The number of carbonyl (C=O) groups is 2. The molecule has 1 amide bonds. The lowest BCUT2D eigenvalue weighted by Crippen LogP contribution is -2.30. The second-order valence-electron chi connectivity index (χ2n) is 5.66. The minimum absolute atomic E-state index is 0.0730. The topological polar surface area (TPSA) is 55.4 Å². The Balaban J connectivity index is 2.25. The van der Waals surface area contributed by atoms with Gasteiger partial charge in [-0.25, -0.2) is 0 Å². The van der Waals surface area contributed by atoms with Crippen LogP contribution in [0, 0.1) is 13.8 Å². The highest BCUT2D eigenvalue weighted by molar-refractivity contribution is 9.10. The van der Waals surface area contributed by atoms with Gasteiger partial charge in [-0.3, -0.25) is 9.59 Å². The van der Waals surface area contributed by atoms with Crippen LogP contribution in [0.5, 0.6) is 0 Å². The maximum absolute atomic E-state index is 12.6. The van der Waals surface area contributed by atoms with Crippen LogP contribution in [0.25, 0.3) is 0 Å². The number of esters is 1. The van der Waals surface area contributed by atoms with Crippen molar-refractivity contribution in [3.05, 3.63) is 69.2 Å². The summed E-state index contributed by atoms with van der Waals surface area (Å²) in [6.45, 7) is 3.96. The first-order valence-corrected chi connectivity index (χ1v) is 8.40. The Bertz CT molecular complexity index is 758. The van der Waals surface area contributed by atoms with E-state index in [-0.39, 0.29) is 18.3 Å². The number of aryl methyl sites for hydroxylation is 2. The Hall–Kier alpha value is -2.14. The number of rotatable bonds is 5. The Labute approximate surface area is 150 Å². The number of methoxy groups -OCH3 is 1. The predicted octanol–water partition coefficient (Wildman–Crippen LogP) is 4.10. The van der Waals surface area contributed by atoms with Crippen LogP contribution in [0.15, 0.2) is 46.9 Å². The third-order valence-corrected chi connectivity index (χ3v) is 4.42. The van der Waals surface area contributed by atoms with Crippen molar-refractivity contribution in [2.24, 2.45) is 0 Å². The van der Waals surface area contributed by atoms with E-state index in [1.807, 2.05) is 50.2 Å². The smallest absolute Gasteiger partial charge is 0.307 e. The van der Waals surface area contributed by atoms with Crippen LogP contribution >= 0.6 is 15.9 Å². The largest absolute Gasteiger partial charge is 0.469 e. The molecular weight excluding hydrogens is 370 g/mol. The van der Waals surface area contributed by atoms with Crippen molar-refractivity contribution < 1.29 is 14.3 Å². The molecule has 0 aliphatic heterocycles. The number of amides is 1. The van der Waals surface area contributed by atoms with Gasteiger partial charge >= 0.3 is 5.97 Å². The summed E-state index contributed by atoms with van der Waals surface area (Å²) in [6, 6.07) is 12.6. The molecule has 0 aliphatic carbocycles. The third kappa shape index (κ3) is 4.68. The molecule has 0 fully saturated rings. The van der Waals surface area contributed by atoms with E-state index in [0.29, 0.717) is 5.56 Å². The summed E-state index contributed by atoms with van der Waals surface area (Å²) in [4.78, 5) is 24.3. The Morgan fingerprint density at radius 2 is 1.88 bits per heavy atom. The van der Waals surface area contributed by atoms with Crippen LogP contribution in [0.4, 0.5) is 0 Å². The van der Waals surface area contributed by atoms with Crippen molar-refractivity contribution in [3.63, 3.8) is 0 Å². The van der Waals surface area contributed by atoms with E-state index in [1.54, 1.807) is 6.07 Å². The van der Waals surface area contributed by atoms with Crippen molar-refractivity contribution >= 4 is 27.8 Å². The maximum atomic E-state index is 12.6. The molecule has 0 saturated carbocycles. The van der Waals surface area contributed by atoms with Gasteiger partial charge in [-0.1, -0.05) is 34.1 Å². The molecule has 126 valence electrons. The number of benzene rings is 2. The van der Waals surface area contributed by atoms with Gasteiger partial charge < -0.3 is 10.1 Å². The first-order chi connectivity index (χ1) is 11.4. The second-order valence-corrected chi connectivity index (χ2v) is 6.58. The summed E-state index contributed by atoms with van der Waals surface area (Å²) in [6.07, 6.45) is 0.0730. The van der Waals surface area contributed by atoms with E-state index in [4.69, 9.17) is 4.74 Å². The Morgan fingerprint density at radius 3 is 2.50 bits per heavy atom. The lowest BCUT2D eigenvalue weighted by molar-refractivity contribution is -0.141. The summed E-state index contributed by atoms with van der Waals surface area (Å²) in [5.41, 5.74) is 3.59. The predicted molar refractivity (Wildman–Crippen MR) is 96.9 cm³/mol. The van der Waals surface area contributed by atoms with E-state index in [0.717, 1.165) is 21.2 Å². The molecule has 0 saturated heterocycles. The summed E-state index contributed by atoms with van der Waals surface area (Å²) in [7, 11) is 1.34. The van der Waals surface area contributed by atoms with Gasteiger partial charge in [-0.2, -0.15) is 0 Å². The zero-order valence-corrected chi connectivity index (χ0v) is 15.5. The molecule has 24 heavy (non-hydrogen) atoms. The van der Waals surface area contributed by atoms with Gasteiger partial charge in [0.1, 0.15) is 0 Å². The van der Waals surface area contributed by atoms with E-state index in [2.05, 4.69) is 21.2 Å². The van der Waals surface area contributed by atoms with Crippen molar-refractivity contribution in [1.82, 2.24) is 5.32 Å². The molecule has 0 radical (unpaired) electrons. The second kappa shape index (κ2) is 8.11. The van der Waals surface area contributed by atoms with Crippen LogP contribution in [0.3, 0.4) is 0 Å². The van der Waals surface area contributed by atoms with Crippen molar-refractivity contribution in [1.29, 1.82) is 0 Å². The van der Waals surface area contributed by atoms with Gasteiger partial charge in [0, 0.05) is 10.0 Å². The Morgan fingerprint density at radius 1 is 1.12 bits per heavy atom. The highest BCUT2D eigenvalue weighted by Crippen LogP contribution is 2.22. The fourth-order valence-electron chi connectivity index (χ4n) is 2.35. The molecule has 1 N–H and O–H groups in total. The number of nitrogens with one attached hydrogen (secondary N) is 1. The Kier molecular flexibility index (Phi) is 6.15. The van der Waals surface area contributed by atoms with Gasteiger partial charge in [0.2, 0.25) is 0 Å². The third-order valence-electron chi connectivity index (χ3n) is 3.92. The van der Waals surface area contributed by atoms with Gasteiger partial charge in [0.05, 0.1) is 19.6 Å². The minimum atomic E-state index is -0.455. The normalized spacial score (nSPS) is 11.7. The summed E-state index contributed by atoms with van der Waals surface area (Å²) in [5, 5.41) is 2.93. The van der Waals surface area contributed by atoms with Crippen LogP contribution < -0.4 is 5.32 Å². The number of ether oxygens (including phenoxy) is 1. The van der Waals surface area contributed by atoms with Gasteiger partial charge in [0.15, 0.2) is 0 Å². The zero-order valence-electron chi connectivity index (χ0n) is 13.9. The fourth-order valence-corrected chi connectivity index (χ4v) is 2.77. The zero-order chi connectivity index (χ0) is 17.7. The molecule has 0 heterocycles. The molecule has 0 aromatic heterocycles. The SMILES string of the molecule is COC(=O)CC(NC(=O)c1ccc(C)c(C)c1)c1cccc(Br)c1. The monoisotopic (exact) mass is 389 g/mol. The van der Waals surface area contributed by atoms with Crippen LogP contribution in [-0.2, 0) is 9.53 Å². The van der Waals surface area contributed by atoms with Crippen molar-refractivity contribution in [2.75, 3.05) is 7.11 Å². The lowest BCUT2D eigenvalue weighted by Gasteiger charge is -2.19. The minimum Gasteiger partial charge on any atom is -0.469 e. The van der Waals surface area contributed by atoms with Crippen LogP contribution in [0.2, 0.25) is 0 Å². The quantitative estimate of drug-likeness (QED) is 0.783. The van der Waals surface area contributed by atoms with E-state index >= 15 is 0 Å². The molecule has 2 rings (SSSR count). The number of halogens is 1. The molecule has 1 atom stereocenters. The van der Waals surface area contributed by atoms with Gasteiger partial charge in [0.25, 0.3) is 5.91 Å². The molecule has 1 unspecified atom stereocenters. The highest BCUT2D eigenvalue weighted by Gasteiger charge is 2.20. The maximum Gasteiger partial charge on any atom is 0.307 e. The molecular formula is C19H20BrNO3. The number of hydrogen-bond donors (Lipinski definition) is 1. The van der Waals surface area contributed by atoms with Crippen molar-refractivity contribution in [2.45, 2.75) is 26.3 Å². The molecule has 0 aliphatic rings. The van der Waals surface area contributed by atoms with Gasteiger partial charge in [-0.15, -0.1) is 0 Å². The molecule has 0 bridgehead atoms. The molecule has 2 aromatic rings. The lowest BCUT2D eigenvalue weighted by atomic mass is 10.0. The molecule has 0 spiro atoms. The van der Waals surface area contributed by atoms with E-state index in [1.165, 1.54) is 7.11 Å². The molecule has 5 heteroatoms. The van der Waals surface area contributed by atoms with Crippen molar-refractivity contribution in [3.8, 4) is 0 Å². The first kappa shape index (κ1) is 18.2. The van der Waals surface area contributed by atoms with Gasteiger partial charge in [-0.05, 0) is 54.8 Å². The van der Waals surface area contributed by atoms with Crippen LogP contribution in [-0.4, -0.2) is 19.0 Å². The highest BCUT2D eigenvalue weighted by atomic mass is 79.9. The standard InChI is InChI=1S/C19H20BrNO3/c1-12-7-8-15(9-13(12)2)19(23)21-17(11-18(22)24-3)14-5-4-6-16(20)10-14/h4-10,17H,11H2,1-3H3,(H,21,23). The summed E-state index contributed by atoms with van der Waals surface area (Å²) < 4.78 is 5.64. The summed E-state index contributed by atoms with van der Waals surface area (Å²) in [5.74, 6) is -0.590. The average Bonchev–Trinajstić information content (AvgIpc) is 2.56. The van der Waals surface area contributed by atoms with E-state index in [9.17, 15) is 9.59 Å². The molecule has 4 nitrogen and oxygen atoms in total. The van der Waals surface area contributed by atoms with E-state index < -0.39 is 6.04 Å². The fraction of sp³-hybridized carbons (Fsp3) is 0.263. The molecule has 2 aromatic carbocycles.